The number of carboxylic acids is 1. The maximum absolute atomic E-state index is 10.9. The SMILES string of the molecule is CSc1cccc(C(=O)O)c1OC(C)=O. The molecule has 0 spiro atoms. The minimum atomic E-state index is -1.11. The molecular weight excluding hydrogens is 216 g/mol. The van der Waals surface area contributed by atoms with Crippen molar-refractivity contribution in [2.45, 2.75) is 11.8 Å². The summed E-state index contributed by atoms with van der Waals surface area (Å²) < 4.78 is 4.89. The van der Waals surface area contributed by atoms with Gasteiger partial charge in [-0.05, 0) is 18.4 Å². The van der Waals surface area contributed by atoms with Gasteiger partial charge >= 0.3 is 11.9 Å². The molecule has 0 heterocycles. The van der Waals surface area contributed by atoms with Crippen LogP contribution in [0.25, 0.3) is 0 Å². The number of carboxylic acid groups (broad SMARTS) is 1. The molecule has 0 amide bonds. The predicted molar refractivity (Wildman–Crippen MR) is 56.5 cm³/mol. The number of para-hydroxylation sites is 1. The first-order chi connectivity index (χ1) is 7.06. The standard InChI is InChI=1S/C10H10O4S/c1-6(11)14-9-7(10(12)13)4-3-5-8(9)15-2/h3-5H,1-2H3,(H,12,13). The van der Waals surface area contributed by atoms with Crippen LogP contribution in [-0.2, 0) is 4.79 Å². The van der Waals surface area contributed by atoms with Crippen LogP contribution in [0.3, 0.4) is 0 Å². The second kappa shape index (κ2) is 4.84. The van der Waals surface area contributed by atoms with Crippen molar-refractivity contribution < 1.29 is 19.4 Å². The summed E-state index contributed by atoms with van der Waals surface area (Å²) in [4.78, 5) is 22.3. The summed E-state index contributed by atoms with van der Waals surface area (Å²) in [6.45, 7) is 1.24. The van der Waals surface area contributed by atoms with Crippen LogP contribution in [0.5, 0.6) is 5.75 Å². The van der Waals surface area contributed by atoms with E-state index in [1.807, 2.05) is 0 Å². The molecule has 80 valence electrons. The first kappa shape index (κ1) is 11.6. The Morgan fingerprint density at radius 1 is 1.40 bits per heavy atom. The summed E-state index contributed by atoms with van der Waals surface area (Å²) in [5.74, 6) is -1.52. The maximum atomic E-state index is 10.9. The lowest BCUT2D eigenvalue weighted by Crippen LogP contribution is -2.08. The zero-order chi connectivity index (χ0) is 11.4. The second-order valence-corrected chi connectivity index (χ2v) is 3.58. The first-order valence-corrected chi connectivity index (χ1v) is 5.37. The van der Waals surface area contributed by atoms with Crippen LogP contribution >= 0.6 is 11.8 Å². The van der Waals surface area contributed by atoms with Crippen molar-refractivity contribution >= 4 is 23.7 Å². The van der Waals surface area contributed by atoms with E-state index in [9.17, 15) is 9.59 Å². The van der Waals surface area contributed by atoms with E-state index in [-0.39, 0.29) is 11.3 Å². The lowest BCUT2D eigenvalue weighted by atomic mass is 10.2. The van der Waals surface area contributed by atoms with Crippen LogP contribution in [0.1, 0.15) is 17.3 Å². The fourth-order valence-corrected chi connectivity index (χ4v) is 1.65. The Bertz CT molecular complexity index is 400. The number of hydrogen-bond donors (Lipinski definition) is 1. The van der Waals surface area contributed by atoms with Gasteiger partial charge in [0.05, 0.1) is 4.90 Å². The van der Waals surface area contributed by atoms with Crippen LogP contribution in [0.4, 0.5) is 0 Å². The summed E-state index contributed by atoms with van der Waals surface area (Å²) in [6.07, 6.45) is 1.79. The van der Waals surface area contributed by atoms with Gasteiger partial charge in [-0.25, -0.2) is 4.79 Å². The van der Waals surface area contributed by atoms with Crippen molar-refractivity contribution in [1.29, 1.82) is 0 Å². The Morgan fingerprint density at radius 2 is 2.07 bits per heavy atom. The molecule has 0 radical (unpaired) electrons. The van der Waals surface area contributed by atoms with E-state index in [1.165, 1.54) is 24.8 Å². The maximum Gasteiger partial charge on any atom is 0.339 e. The quantitative estimate of drug-likeness (QED) is 0.485. The molecule has 15 heavy (non-hydrogen) atoms. The fraction of sp³-hybridized carbons (Fsp3) is 0.200. The predicted octanol–water partition coefficient (Wildman–Crippen LogP) is 2.03. The van der Waals surface area contributed by atoms with Gasteiger partial charge in [-0.3, -0.25) is 4.79 Å². The third-order valence-electron chi connectivity index (χ3n) is 1.68. The Hall–Kier alpha value is -1.49. The van der Waals surface area contributed by atoms with Gasteiger partial charge in [0.1, 0.15) is 5.56 Å². The van der Waals surface area contributed by atoms with Crippen LogP contribution in [-0.4, -0.2) is 23.3 Å². The van der Waals surface area contributed by atoms with Gasteiger partial charge in [0.2, 0.25) is 0 Å². The van der Waals surface area contributed by atoms with Crippen LogP contribution in [0.2, 0.25) is 0 Å². The highest BCUT2D eigenvalue weighted by atomic mass is 32.2. The first-order valence-electron chi connectivity index (χ1n) is 4.15. The number of thioether (sulfide) groups is 1. The lowest BCUT2D eigenvalue weighted by Gasteiger charge is -2.09. The van der Waals surface area contributed by atoms with Gasteiger partial charge in [-0.2, -0.15) is 0 Å². The Morgan fingerprint density at radius 3 is 2.53 bits per heavy atom. The van der Waals surface area contributed by atoms with E-state index < -0.39 is 11.9 Å². The van der Waals surface area contributed by atoms with Crippen LogP contribution in [0, 0.1) is 0 Å². The molecule has 0 aliphatic rings. The zero-order valence-electron chi connectivity index (χ0n) is 8.31. The van der Waals surface area contributed by atoms with E-state index >= 15 is 0 Å². The van der Waals surface area contributed by atoms with Crippen molar-refractivity contribution in [1.82, 2.24) is 0 Å². The largest absolute Gasteiger partial charge is 0.478 e. The zero-order valence-corrected chi connectivity index (χ0v) is 9.13. The molecule has 1 aromatic rings. The van der Waals surface area contributed by atoms with E-state index in [0.717, 1.165) is 0 Å². The van der Waals surface area contributed by atoms with E-state index in [1.54, 1.807) is 18.4 Å². The summed E-state index contributed by atoms with van der Waals surface area (Å²) in [5, 5.41) is 8.90. The Kier molecular flexibility index (Phi) is 3.74. The van der Waals surface area contributed by atoms with Gasteiger partial charge in [-0.15, -0.1) is 11.8 Å². The molecule has 5 heteroatoms. The molecule has 0 aromatic heterocycles. The second-order valence-electron chi connectivity index (χ2n) is 2.74. The monoisotopic (exact) mass is 226 g/mol. The summed E-state index contributed by atoms with van der Waals surface area (Å²) >= 11 is 1.33. The van der Waals surface area contributed by atoms with Gasteiger partial charge in [0, 0.05) is 6.92 Å². The third kappa shape index (κ3) is 2.73. The summed E-state index contributed by atoms with van der Waals surface area (Å²) in [7, 11) is 0. The average molecular weight is 226 g/mol. The van der Waals surface area contributed by atoms with E-state index in [4.69, 9.17) is 9.84 Å². The minimum Gasteiger partial charge on any atom is -0.478 e. The normalized spacial score (nSPS) is 9.73. The number of esters is 1. The Balaban J connectivity index is 3.26. The highest BCUT2D eigenvalue weighted by Gasteiger charge is 2.16. The molecule has 0 aliphatic carbocycles. The number of rotatable bonds is 3. The Labute approximate surface area is 91.2 Å². The smallest absolute Gasteiger partial charge is 0.339 e. The van der Waals surface area contributed by atoms with Gasteiger partial charge in [0.25, 0.3) is 0 Å². The van der Waals surface area contributed by atoms with Crippen molar-refractivity contribution in [3.63, 3.8) is 0 Å². The van der Waals surface area contributed by atoms with Crippen molar-refractivity contribution in [3.05, 3.63) is 23.8 Å². The number of ether oxygens (including phenoxy) is 1. The minimum absolute atomic E-state index is 0.00273. The van der Waals surface area contributed by atoms with E-state index in [2.05, 4.69) is 0 Å². The molecule has 0 fully saturated rings. The van der Waals surface area contributed by atoms with E-state index in [0.29, 0.717) is 4.90 Å². The van der Waals surface area contributed by atoms with Crippen LogP contribution < -0.4 is 4.74 Å². The lowest BCUT2D eigenvalue weighted by molar-refractivity contribution is -0.132. The number of aromatic carboxylic acids is 1. The molecule has 0 aliphatic heterocycles. The van der Waals surface area contributed by atoms with Gasteiger partial charge in [-0.1, -0.05) is 6.07 Å². The van der Waals surface area contributed by atoms with Crippen molar-refractivity contribution in [2.24, 2.45) is 0 Å². The third-order valence-corrected chi connectivity index (χ3v) is 2.44. The summed E-state index contributed by atoms with van der Waals surface area (Å²) in [5.41, 5.74) is -0.00273. The number of hydrogen-bond acceptors (Lipinski definition) is 4. The summed E-state index contributed by atoms with van der Waals surface area (Å²) in [6, 6.07) is 4.72. The van der Waals surface area contributed by atoms with Crippen LogP contribution in [0.15, 0.2) is 23.1 Å². The number of carbonyl (C=O) groups excluding carboxylic acids is 1. The molecule has 0 bridgehead atoms. The fourth-order valence-electron chi connectivity index (χ4n) is 1.09. The molecule has 0 atom stereocenters. The highest BCUT2D eigenvalue weighted by molar-refractivity contribution is 7.98. The molecule has 1 N–H and O–H groups in total. The molecular formula is C10H10O4S. The average Bonchev–Trinajstić information content (AvgIpc) is 2.16. The molecule has 1 aromatic carbocycles. The van der Waals surface area contributed by atoms with Gasteiger partial charge < -0.3 is 9.84 Å². The van der Waals surface area contributed by atoms with Crippen molar-refractivity contribution in [2.75, 3.05) is 6.26 Å². The van der Waals surface area contributed by atoms with Gasteiger partial charge in [0.15, 0.2) is 5.75 Å². The number of benzene rings is 1. The number of carbonyl (C=O) groups is 2. The molecule has 4 nitrogen and oxygen atoms in total. The molecule has 1 rings (SSSR count). The molecule has 0 saturated heterocycles. The highest BCUT2D eigenvalue weighted by Crippen LogP contribution is 2.31. The topological polar surface area (TPSA) is 63.6 Å². The molecule has 0 saturated carbocycles. The van der Waals surface area contributed by atoms with Crippen molar-refractivity contribution in [3.8, 4) is 5.75 Å². The molecule has 0 unspecified atom stereocenters.